The highest BCUT2D eigenvalue weighted by Crippen LogP contribution is 2.38. The average molecular weight is 278 g/mol. The molecule has 1 aromatic heterocycles. The number of carbonyl (C=O) groups is 2. The van der Waals surface area contributed by atoms with Gasteiger partial charge in [0.05, 0.1) is 6.61 Å². The van der Waals surface area contributed by atoms with Crippen LogP contribution in [0.2, 0.25) is 0 Å². The van der Waals surface area contributed by atoms with Gasteiger partial charge in [0.1, 0.15) is 11.2 Å². The van der Waals surface area contributed by atoms with E-state index in [1.165, 1.54) is 0 Å². The number of esters is 1. The minimum absolute atomic E-state index is 0.0457. The van der Waals surface area contributed by atoms with Gasteiger partial charge < -0.3 is 4.74 Å². The molecule has 0 saturated heterocycles. The van der Waals surface area contributed by atoms with E-state index in [1.54, 1.807) is 17.8 Å². The molecule has 20 heavy (non-hydrogen) atoms. The number of aromatic nitrogens is 2. The molecule has 0 N–H and O–H groups in total. The number of ether oxygens (including phenoxy) is 1. The maximum atomic E-state index is 12.4. The quantitative estimate of drug-likeness (QED) is 0.611. The van der Waals surface area contributed by atoms with Gasteiger partial charge in [-0.15, -0.1) is 0 Å². The van der Waals surface area contributed by atoms with Crippen LogP contribution >= 0.6 is 0 Å². The van der Waals surface area contributed by atoms with E-state index in [1.807, 2.05) is 13.1 Å². The smallest absolute Gasteiger partial charge is 0.319 e. The second-order valence-corrected chi connectivity index (χ2v) is 5.38. The standard InChI is InChI=1S/C15H22N2O3/c1-3-20-14(19)15(9-5-4-6-13(15)18)10-7-12-8-11-16-17(12)2/h8,11H,3-7,9-10H2,1-2H3. The molecule has 1 aliphatic rings. The third-order valence-electron chi connectivity index (χ3n) is 4.19. The summed E-state index contributed by atoms with van der Waals surface area (Å²) in [6.45, 7) is 2.10. The number of aryl methyl sites for hydroxylation is 2. The van der Waals surface area contributed by atoms with Crippen LogP contribution in [-0.4, -0.2) is 28.1 Å². The first-order chi connectivity index (χ1) is 9.60. The molecule has 0 aromatic carbocycles. The lowest BCUT2D eigenvalue weighted by Gasteiger charge is -2.33. The number of carbonyl (C=O) groups excluding carboxylic acids is 2. The zero-order chi connectivity index (χ0) is 14.6. The average Bonchev–Trinajstić information content (AvgIpc) is 2.84. The lowest BCUT2D eigenvalue weighted by Crippen LogP contribution is -2.43. The van der Waals surface area contributed by atoms with Crippen molar-refractivity contribution in [2.45, 2.75) is 45.4 Å². The van der Waals surface area contributed by atoms with E-state index in [4.69, 9.17) is 4.74 Å². The van der Waals surface area contributed by atoms with E-state index in [2.05, 4.69) is 5.10 Å². The largest absolute Gasteiger partial charge is 0.465 e. The molecule has 1 unspecified atom stereocenters. The zero-order valence-electron chi connectivity index (χ0n) is 12.2. The highest BCUT2D eigenvalue weighted by atomic mass is 16.5. The molecular formula is C15H22N2O3. The molecule has 0 amide bonds. The van der Waals surface area contributed by atoms with Crippen LogP contribution in [0.1, 0.15) is 44.7 Å². The van der Waals surface area contributed by atoms with Crippen LogP contribution in [0.15, 0.2) is 12.3 Å². The van der Waals surface area contributed by atoms with E-state index < -0.39 is 5.41 Å². The summed E-state index contributed by atoms with van der Waals surface area (Å²) in [6, 6.07) is 1.92. The number of hydrogen-bond donors (Lipinski definition) is 0. The van der Waals surface area contributed by atoms with Gasteiger partial charge in [-0.3, -0.25) is 14.3 Å². The normalized spacial score (nSPS) is 22.8. The van der Waals surface area contributed by atoms with Gasteiger partial charge in [0.25, 0.3) is 0 Å². The maximum Gasteiger partial charge on any atom is 0.319 e. The van der Waals surface area contributed by atoms with Crippen molar-refractivity contribution in [1.29, 1.82) is 0 Å². The third kappa shape index (κ3) is 2.76. The van der Waals surface area contributed by atoms with Crippen molar-refractivity contribution in [1.82, 2.24) is 9.78 Å². The van der Waals surface area contributed by atoms with E-state index in [9.17, 15) is 9.59 Å². The highest BCUT2D eigenvalue weighted by Gasteiger charge is 2.47. The Bertz CT molecular complexity index is 495. The molecule has 0 bridgehead atoms. The van der Waals surface area contributed by atoms with Crippen molar-refractivity contribution in [3.63, 3.8) is 0 Å². The molecule has 1 aromatic rings. The Labute approximate surface area is 119 Å². The molecule has 0 radical (unpaired) electrons. The van der Waals surface area contributed by atoms with Gasteiger partial charge in [-0.2, -0.15) is 5.10 Å². The Morgan fingerprint density at radius 1 is 1.50 bits per heavy atom. The van der Waals surface area contributed by atoms with Crippen LogP contribution in [0.5, 0.6) is 0 Å². The minimum Gasteiger partial charge on any atom is -0.465 e. The molecule has 5 heteroatoms. The summed E-state index contributed by atoms with van der Waals surface area (Å²) in [5.41, 5.74) is 0.102. The van der Waals surface area contributed by atoms with Gasteiger partial charge in [-0.1, -0.05) is 6.42 Å². The minimum atomic E-state index is -0.932. The van der Waals surface area contributed by atoms with Gasteiger partial charge in [-0.05, 0) is 38.7 Å². The second kappa shape index (κ2) is 6.20. The Hall–Kier alpha value is -1.65. The van der Waals surface area contributed by atoms with Gasteiger partial charge >= 0.3 is 5.97 Å². The molecule has 1 saturated carbocycles. The maximum absolute atomic E-state index is 12.4. The number of hydrogen-bond acceptors (Lipinski definition) is 4. The van der Waals surface area contributed by atoms with E-state index >= 15 is 0 Å². The van der Waals surface area contributed by atoms with Crippen molar-refractivity contribution < 1.29 is 14.3 Å². The molecule has 1 aliphatic carbocycles. The lowest BCUT2D eigenvalue weighted by molar-refractivity contribution is -0.162. The predicted molar refractivity (Wildman–Crippen MR) is 74.1 cm³/mol. The molecule has 2 rings (SSSR count). The lowest BCUT2D eigenvalue weighted by atomic mass is 9.70. The molecule has 1 heterocycles. The van der Waals surface area contributed by atoms with Crippen molar-refractivity contribution in [3.05, 3.63) is 18.0 Å². The first kappa shape index (κ1) is 14.8. The third-order valence-corrected chi connectivity index (χ3v) is 4.19. The first-order valence-electron chi connectivity index (χ1n) is 7.27. The van der Waals surface area contributed by atoms with Gasteiger partial charge in [0, 0.05) is 25.4 Å². The van der Waals surface area contributed by atoms with Gasteiger partial charge in [0.2, 0.25) is 0 Å². The van der Waals surface area contributed by atoms with Crippen LogP contribution in [-0.2, 0) is 27.8 Å². The number of Topliss-reactive ketones (excluding diaryl/α,β-unsaturated/α-hetero) is 1. The fourth-order valence-electron chi connectivity index (χ4n) is 2.93. The Balaban J connectivity index is 2.16. The molecule has 110 valence electrons. The van der Waals surface area contributed by atoms with Crippen molar-refractivity contribution in [3.8, 4) is 0 Å². The van der Waals surface area contributed by atoms with Gasteiger partial charge in [-0.25, -0.2) is 0 Å². The van der Waals surface area contributed by atoms with E-state index in [0.717, 1.165) is 18.5 Å². The highest BCUT2D eigenvalue weighted by molar-refractivity contribution is 6.04. The molecule has 0 spiro atoms. The van der Waals surface area contributed by atoms with Crippen LogP contribution in [0, 0.1) is 5.41 Å². The Morgan fingerprint density at radius 3 is 2.90 bits per heavy atom. The van der Waals surface area contributed by atoms with E-state index in [0.29, 0.717) is 32.3 Å². The monoisotopic (exact) mass is 278 g/mol. The number of nitrogens with zero attached hydrogens (tertiary/aromatic N) is 2. The molecule has 5 nitrogen and oxygen atoms in total. The first-order valence-corrected chi connectivity index (χ1v) is 7.27. The van der Waals surface area contributed by atoms with Crippen LogP contribution in [0.3, 0.4) is 0 Å². The zero-order valence-corrected chi connectivity index (χ0v) is 12.2. The number of rotatable bonds is 5. The summed E-state index contributed by atoms with van der Waals surface area (Å²) >= 11 is 0. The second-order valence-electron chi connectivity index (χ2n) is 5.38. The summed E-state index contributed by atoms with van der Waals surface area (Å²) < 4.78 is 6.96. The SMILES string of the molecule is CCOC(=O)C1(CCc2ccnn2C)CCCCC1=O. The van der Waals surface area contributed by atoms with Gasteiger partial charge in [0.15, 0.2) is 0 Å². The summed E-state index contributed by atoms with van der Waals surface area (Å²) in [6.07, 6.45) is 5.81. The Kier molecular flexibility index (Phi) is 4.57. The topological polar surface area (TPSA) is 61.2 Å². The van der Waals surface area contributed by atoms with Crippen LogP contribution in [0.4, 0.5) is 0 Å². The fraction of sp³-hybridized carbons (Fsp3) is 0.667. The summed E-state index contributed by atoms with van der Waals surface area (Å²) in [5, 5.41) is 4.12. The summed E-state index contributed by atoms with van der Waals surface area (Å²) in [5.74, 6) is -0.295. The predicted octanol–water partition coefficient (Wildman–Crippen LogP) is 2.05. The molecule has 0 aliphatic heterocycles. The summed E-state index contributed by atoms with van der Waals surface area (Å²) in [4.78, 5) is 24.7. The van der Waals surface area contributed by atoms with Crippen LogP contribution in [0.25, 0.3) is 0 Å². The van der Waals surface area contributed by atoms with Crippen molar-refractivity contribution in [2.24, 2.45) is 12.5 Å². The van der Waals surface area contributed by atoms with Crippen molar-refractivity contribution >= 4 is 11.8 Å². The fourth-order valence-corrected chi connectivity index (χ4v) is 2.93. The number of ketones is 1. The molecular weight excluding hydrogens is 256 g/mol. The molecule has 1 fully saturated rings. The van der Waals surface area contributed by atoms with Crippen molar-refractivity contribution in [2.75, 3.05) is 6.61 Å². The van der Waals surface area contributed by atoms with Crippen LogP contribution < -0.4 is 0 Å². The summed E-state index contributed by atoms with van der Waals surface area (Å²) in [7, 11) is 1.87. The molecule has 1 atom stereocenters. The van der Waals surface area contributed by atoms with E-state index in [-0.39, 0.29) is 11.8 Å². The Morgan fingerprint density at radius 2 is 2.30 bits per heavy atom.